The van der Waals surface area contributed by atoms with E-state index < -0.39 is 30.3 Å². The highest BCUT2D eigenvalue weighted by Gasteiger charge is 2.19. The Balaban J connectivity index is 2.92. The van der Waals surface area contributed by atoms with Crippen molar-refractivity contribution in [2.45, 2.75) is 12.5 Å². The second-order valence-corrected chi connectivity index (χ2v) is 4.13. The fourth-order valence-corrected chi connectivity index (χ4v) is 1.48. The zero-order chi connectivity index (χ0) is 14.6. The average Bonchev–Trinajstić information content (AvgIpc) is 2.27. The van der Waals surface area contributed by atoms with Gasteiger partial charge in [-0.25, -0.2) is 4.79 Å². The molecule has 0 bridgehead atoms. The molecule has 8 heteroatoms. The molecular weight excluding hydrogens is 276 g/mol. The van der Waals surface area contributed by atoms with Crippen LogP contribution in [0.1, 0.15) is 16.8 Å². The minimum atomic E-state index is -1.28. The van der Waals surface area contributed by atoms with Crippen LogP contribution in [0, 0.1) is 0 Å². The van der Waals surface area contributed by atoms with Gasteiger partial charge < -0.3 is 21.3 Å². The highest BCUT2D eigenvalue weighted by Crippen LogP contribution is 2.21. The molecule has 1 atom stereocenters. The molecule has 0 heterocycles. The number of rotatable bonds is 5. The third-order valence-electron chi connectivity index (χ3n) is 2.20. The summed E-state index contributed by atoms with van der Waals surface area (Å²) in [6, 6.07) is 2.55. The Hall–Kier alpha value is -2.12. The molecule has 0 saturated heterocycles. The monoisotopic (exact) mass is 286 g/mol. The van der Waals surface area contributed by atoms with E-state index in [1.807, 2.05) is 0 Å². The van der Waals surface area contributed by atoms with Crippen LogP contribution in [0.3, 0.4) is 0 Å². The first-order chi connectivity index (χ1) is 8.81. The minimum absolute atomic E-state index is 0.0363. The van der Waals surface area contributed by atoms with Crippen LogP contribution in [0.5, 0.6) is 0 Å². The number of benzene rings is 1. The van der Waals surface area contributed by atoms with Crippen molar-refractivity contribution in [3.8, 4) is 0 Å². The number of aromatic carboxylic acids is 1. The Morgan fingerprint density at radius 1 is 1.32 bits per heavy atom. The van der Waals surface area contributed by atoms with E-state index in [2.05, 4.69) is 5.32 Å². The minimum Gasteiger partial charge on any atom is -0.481 e. The van der Waals surface area contributed by atoms with Gasteiger partial charge >= 0.3 is 11.9 Å². The zero-order valence-electron chi connectivity index (χ0n) is 9.59. The maximum Gasteiger partial charge on any atom is 0.337 e. The lowest BCUT2D eigenvalue weighted by Gasteiger charge is -2.12. The summed E-state index contributed by atoms with van der Waals surface area (Å²) < 4.78 is 0. The van der Waals surface area contributed by atoms with Crippen molar-refractivity contribution in [2.75, 3.05) is 5.32 Å². The molecule has 1 aromatic carbocycles. The lowest BCUT2D eigenvalue weighted by Crippen LogP contribution is -2.37. The topological polar surface area (TPSA) is 130 Å². The molecule has 0 spiro atoms. The van der Waals surface area contributed by atoms with E-state index in [1.54, 1.807) is 0 Å². The van der Waals surface area contributed by atoms with Gasteiger partial charge in [-0.3, -0.25) is 9.59 Å². The smallest absolute Gasteiger partial charge is 0.337 e. The molecule has 0 aliphatic carbocycles. The lowest BCUT2D eigenvalue weighted by molar-refractivity contribution is -0.138. The molecule has 0 fully saturated rings. The lowest BCUT2D eigenvalue weighted by atomic mass is 10.1. The van der Waals surface area contributed by atoms with Crippen molar-refractivity contribution in [2.24, 2.45) is 5.73 Å². The second kappa shape index (κ2) is 6.17. The first kappa shape index (κ1) is 14.9. The fraction of sp³-hybridized carbons (Fsp3) is 0.182. The van der Waals surface area contributed by atoms with Gasteiger partial charge in [-0.1, -0.05) is 11.6 Å². The van der Waals surface area contributed by atoms with Crippen molar-refractivity contribution in [3.05, 3.63) is 28.8 Å². The number of carboxylic acid groups (broad SMARTS) is 2. The Labute approximate surface area is 113 Å². The van der Waals surface area contributed by atoms with E-state index in [-0.39, 0.29) is 16.3 Å². The number of hydrogen-bond acceptors (Lipinski definition) is 4. The molecule has 0 aromatic heterocycles. The van der Waals surface area contributed by atoms with Crippen LogP contribution in [-0.4, -0.2) is 34.1 Å². The number of halogens is 1. The third kappa shape index (κ3) is 4.23. The summed E-state index contributed by atoms with van der Waals surface area (Å²) >= 11 is 5.70. The number of nitrogens with two attached hydrogens (primary N) is 1. The molecule has 102 valence electrons. The summed E-state index contributed by atoms with van der Waals surface area (Å²) in [5, 5.41) is 19.9. The largest absolute Gasteiger partial charge is 0.481 e. The quantitative estimate of drug-likeness (QED) is 0.633. The summed E-state index contributed by atoms with van der Waals surface area (Å²) in [7, 11) is 0. The van der Waals surface area contributed by atoms with Gasteiger partial charge in [0.2, 0.25) is 5.91 Å². The predicted molar refractivity (Wildman–Crippen MR) is 67.3 cm³/mol. The SMILES string of the molecule is NC(CC(=O)O)C(=O)Nc1cc(Cl)ccc1C(=O)O. The van der Waals surface area contributed by atoms with Gasteiger partial charge in [0.15, 0.2) is 0 Å². The standard InChI is InChI=1S/C11H11ClN2O5/c12-5-1-2-6(11(18)19)8(3-5)14-10(17)7(13)4-9(15)16/h1-3,7H,4,13H2,(H,14,17)(H,15,16)(H,18,19). The zero-order valence-corrected chi connectivity index (χ0v) is 10.3. The van der Waals surface area contributed by atoms with Crippen molar-refractivity contribution in [3.63, 3.8) is 0 Å². The van der Waals surface area contributed by atoms with Gasteiger partial charge in [0.1, 0.15) is 0 Å². The van der Waals surface area contributed by atoms with E-state index in [9.17, 15) is 14.4 Å². The molecule has 1 aromatic rings. The van der Waals surface area contributed by atoms with Gasteiger partial charge in [-0.2, -0.15) is 0 Å². The molecule has 0 radical (unpaired) electrons. The number of amides is 1. The van der Waals surface area contributed by atoms with E-state index in [4.69, 9.17) is 27.5 Å². The Morgan fingerprint density at radius 3 is 2.47 bits per heavy atom. The van der Waals surface area contributed by atoms with Crippen molar-refractivity contribution >= 4 is 35.1 Å². The number of nitrogens with one attached hydrogen (secondary N) is 1. The van der Waals surface area contributed by atoms with Crippen molar-refractivity contribution in [1.29, 1.82) is 0 Å². The molecule has 1 rings (SSSR count). The van der Waals surface area contributed by atoms with Gasteiger partial charge in [0.25, 0.3) is 0 Å². The van der Waals surface area contributed by atoms with Crippen molar-refractivity contribution < 1.29 is 24.6 Å². The summed E-state index contributed by atoms with van der Waals surface area (Å²) in [5.41, 5.74) is 5.15. The maximum atomic E-state index is 11.6. The first-order valence-electron chi connectivity index (χ1n) is 5.12. The molecule has 0 aliphatic heterocycles. The van der Waals surface area contributed by atoms with Gasteiger partial charge in [0, 0.05) is 5.02 Å². The summed E-state index contributed by atoms with van der Waals surface area (Å²) in [4.78, 5) is 33.0. The van der Waals surface area contributed by atoms with Gasteiger partial charge in [0.05, 0.1) is 23.7 Å². The van der Waals surface area contributed by atoms with Crippen LogP contribution < -0.4 is 11.1 Å². The van der Waals surface area contributed by atoms with E-state index in [0.29, 0.717) is 0 Å². The van der Waals surface area contributed by atoms with Crippen LogP contribution >= 0.6 is 11.6 Å². The molecular formula is C11H11ClN2O5. The van der Waals surface area contributed by atoms with Crippen molar-refractivity contribution in [1.82, 2.24) is 0 Å². The predicted octanol–water partition coefficient (Wildman–Crippen LogP) is 0.779. The van der Waals surface area contributed by atoms with E-state index in [0.717, 1.165) is 0 Å². The van der Waals surface area contributed by atoms with Crippen LogP contribution in [-0.2, 0) is 9.59 Å². The molecule has 1 unspecified atom stereocenters. The Morgan fingerprint density at radius 2 is 1.95 bits per heavy atom. The summed E-state index contributed by atoms with van der Waals surface area (Å²) in [6.45, 7) is 0. The number of carbonyl (C=O) groups is 3. The van der Waals surface area contributed by atoms with Crippen LogP contribution in [0.25, 0.3) is 0 Å². The fourth-order valence-electron chi connectivity index (χ4n) is 1.31. The molecule has 1 amide bonds. The Bertz CT molecular complexity index is 532. The van der Waals surface area contributed by atoms with Crippen LogP contribution in [0.2, 0.25) is 5.02 Å². The van der Waals surface area contributed by atoms with Crippen LogP contribution in [0.4, 0.5) is 5.69 Å². The van der Waals surface area contributed by atoms with Gasteiger partial charge in [-0.05, 0) is 18.2 Å². The average molecular weight is 287 g/mol. The highest BCUT2D eigenvalue weighted by atomic mass is 35.5. The number of anilines is 1. The number of aliphatic carboxylic acids is 1. The number of carbonyl (C=O) groups excluding carboxylic acids is 1. The molecule has 0 saturated carbocycles. The molecule has 0 aliphatic rings. The Kier molecular flexibility index (Phi) is 4.85. The first-order valence-corrected chi connectivity index (χ1v) is 5.50. The number of carboxylic acids is 2. The third-order valence-corrected chi connectivity index (χ3v) is 2.44. The molecule has 19 heavy (non-hydrogen) atoms. The summed E-state index contributed by atoms with van der Waals surface area (Å²) in [5.74, 6) is -3.28. The number of hydrogen-bond donors (Lipinski definition) is 4. The normalized spacial score (nSPS) is 11.7. The van der Waals surface area contributed by atoms with Gasteiger partial charge in [-0.15, -0.1) is 0 Å². The van der Waals surface area contributed by atoms with E-state index >= 15 is 0 Å². The summed E-state index contributed by atoms with van der Waals surface area (Å²) in [6.07, 6.45) is -0.561. The second-order valence-electron chi connectivity index (χ2n) is 3.69. The molecule has 7 nitrogen and oxygen atoms in total. The maximum absolute atomic E-state index is 11.6. The van der Waals surface area contributed by atoms with Crippen LogP contribution in [0.15, 0.2) is 18.2 Å². The highest BCUT2D eigenvalue weighted by molar-refractivity contribution is 6.31. The molecule has 5 N–H and O–H groups in total. The van der Waals surface area contributed by atoms with E-state index in [1.165, 1.54) is 18.2 Å².